The third kappa shape index (κ3) is 3.72. The number of likely N-dealkylation sites (N-methyl/N-ethyl adjacent to an activating group) is 1. The van der Waals surface area contributed by atoms with E-state index in [1.54, 1.807) is 24.2 Å². The number of halogens is 1. The van der Waals surface area contributed by atoms with Crippen molar-refractivity contribution in [2.45, 2.75) is 13.1 Å². The zero-order chi connectivity index (χ0) is 13.8. The Morgan fingerprint density at radius 2 is 2.32 bits per heavy atom. The van der Waals surface area contributed by atoms with Gasteiger partial charge in [-0.25, -0.2) is 0 Å². The zero-order valence-electron chi connectivity index (χ0n) is 10.6. The van der Waals surface area contributed by atoms with E-state index in [9.17, 15) is 4.79 Å². The molecular formula is C13H15ClN4O. The smallest absolute Gasteiger partial charge is 0.244 e. The van der Waals surface area contributed by atoms with Gasteiger partial charge in [0.15, 0.2) is 0 Å². The number of nitrogens with zero attached hydrogens (tertiary/aromatic N) is 3. The molecule has 1 aromatic heterocycles. The van der Waals surface area contributed by atoms with E-state index in [2.05, 4.69) is 5.10 Å². The average Bonchev–Trinajstić information content (AvgIpc) is 2.74. The number of rotatable bonds is 4. The lowest BCUT2D eigenvalue weighted by Gasteiger charge is -2.17. The lowest BCUT2D eigenvalue weighted by atomic mass is 10.2. The molecule has 0 radical (unpaired) electrons. The Morgan fingerprint density at radius 3 is 2.95 bits per heavy atom. The Kier molecular flexibility index (Phi) is 4.06. The molecule has 0 spiro atoms. The van der Waals surface area contributed by atoms with Crippen LogP contribution in [0.25, 0.3) is 0 Å². The van der Waals surface area contributed by atoms with Gasteiger partial charge in [-0.05, 0) is 17.7 Å². The summed E-state index contributed by atoms with van der Waals surface area (Å²) < 4.78 is 1.52. The predicted octanol–water partition coefficient (Wildman–Crippen LogP) is 1.78. The number of carbonyl (C=O) groups is 1. The number of nitrogen functional groups attached to an aromatic ring is 1. The molecule has 2 N–H and O–H groups in total. The summed E-state index contributed by atoms with van der Waals surface area (Å²) in [5.41, 5.74) is 7.08. The summed E-state index contributed by atoms with van der Waals surface area (Å²) in [6.07, 6.45) is 3.15. The van der Waals surface area contributed by atoms with Gasteiger partial charge in [0, 0.05) is 24.8 Å². The second kappa shape index (κ2) is 5.75. The molecule has 100 valence electrons. The maximum atomic E-state index is 12.0. The predicted molar refractivity (Wildman–Crippen MR) is 74.6 cm³/mol. The number of amides is 1. The van der Waals surface area contributed by atoms with E-state index >= 15 is 0 Å². The molecule has 0 saturated carbocycles. The van der Waals surface area contributed by atoms with Gasteiger partial charge < -0.3 is 10.6 Å². The van der Waals surface area contributed by atoms with Gasteiger partial charge in [-0.2, -0.15) is 5.10 Å². The Labute approximate surface area is 116 Å². The molecule has 0 fully saturated rings. The average molecular weight is 279 g/mol. The maximum absolute atomic E-state index is 12.0. The largest absolute Gasteiger partial charge is 0.396 e. The molecule has 2 aromatic rings. The summed E-state index contributed by atoms with van der Waals surface area (Å²) >= 11 is 5.91. The monoisotopic (exact) mass is 278 g/mol. The summed E-state index contributed by atoms with van der Waals surface area (Å²) in [6.45, 7) is 0.685. The van der Waals surface area contributed by atoms with Crippen molar-refractivity contribution in [1.82, 2.24) is 14.7 Å². The highest BCUT2D eigenvalue weighted by Gasteiger charge is 2.10. The van der Waals surface area contributed by atoms with Crippen molar-refractivity contribution in [2.75, 3.05) is 12.8 Å². The normalized spacial score (nSPS) is 10.4. The molecule has 0 bridgehead atoms. The van der Waals surface area contributed by atoms with Crippen LogP contribution in [-0.4, -0.2) is 27.6 Å². The van der Waals surface area contributed by atoms with Crippen molar-refractivity contribution in [1.29, 1.82) is 0 Å². The first-order valence-electron chi connectivity index (χ1n) is 5.81. The van der Waals surface area contributed by atoms with Crippen LogP contribution in [0, 0.1) is 0 Å². The Balaban J connectivity index is 1.96. The van der Waals surface area contributed by atoms with Crippen molar-refractivity contribution >= 4 is 23.2 Å². The SMILES string of the molecule is CN(Cc1cccc(Cl)c1)C(=O)Cn1cc(N)cn1. The quantitative estimate of drug-likeness (QED) is 0.927. The van der Waals surface area contributed by atoms with Crippen LogP contribution >= 0.6 is 11.6 Å². The Morgan fingerprint density at radius 1 is 1.53 bits per heavy atom. The fraction of sp³-hybridized carbons (Fsp3) is 0.231. The lowest BCUT2D eigenvalue weighted by molar-refractivity contribution is -0.131. The molecule has 1 amide bonds. The molecule has 2 rings (SSSR count). The first-order chi connectivity index (χ1) is 9.04. The zero-order valence-corrected chi connectivity index (χ0v) is 11.3. The van der Waals surface area contributed by atoms with Crippen LogP contribution in [0.1, 0.15) is 5.56 Å². The van der Waals surface area contributed by atoms with Crippen LogP contribution in [0.4, 0.5) is 5.69 Å². The molecule has 0 aliphatic carbocycles. The van der Waals surface area contributed by atoms with Gasteiger partial charge in [-0.15, -0.1) is 0 Å². The molecule has 0 aliphatic rings. The van der Waals surface area contributed by atoms with Gasteiger partial charge in [0.05, 0.1) is 11.9 Å². The molecular weight excluding hydrogens is 264 g/mol. The molecule has 0 aliphatic heterocycles. The number of hydrogen-bond acceptors (Lipinski definition) is 3. The van der Waals surface area contributed by atoms with Crippen molar-refractivity contribution in [3.05, 3.63) is 47.2 Å². The van der Waals surface area contributed by atoms with Crippen LogP contribution in [0.5, 0.6) is 0 Å². The molecule has 0 atom stereocenters. The van der Waals surface area contributed by atoms with Crippen molar-refractivity contribution in [3.63, 3.8) is 0 Å². The highest BCUT2D eigenvalue weighted by molar-refractivity contribution is 6.30. The Bertz CT molecular complexity index is 582. The summed E-state index contributed by atoms with van der Waals surface area (Å²) in [6, 6.07) is 7.45. The van der Waals surface area contributed by atoms with Gasteiger partial charge in [0.1, 0.15) is 6.54 Å². The molecule has 1 heterocycles. The highest BCUT2D eigenvalue weighted by atomic mass is 35.5. The van der Waals surface area contributed by atoms with Gasteiger partial charge in [-0.3, -0.25) is 9.48 Å². The van der Waals surface area contributed by atoms with E-state index in [1.807, 2.05) is 18.2 Å². The van der Waals surface area contributed by atoms with E-state index in [0.29, 0.717) is 17.3 Å². The highest BCUT2D eigenvalue weighted by Crippen LogP contribution is 2.12. The van der Waals surface area contributed by atoms with Crippen LogP contribution in [-0.2, 0) is 17.9 Å². The van der Waals surface area contributed by atoms with Gasteiger partial charge in [0.2, 0.25) is 5.91 Å². The van der Waals surface area contributed by atoms with E-state index < -0.39 is 0 Å². The first kappa shape index (κ1) is 13.4. The standard InChI is InChI=1S/C13H15ClN4O/c1-17(7-10-3-2-4-11(14)5-10)13(19)9-18-8-12(15)6-16-18/h2-6,8H,7,9,15H2,1H3. The number of hydrogen-bond donors (Lipinski definition) is 1. The van der Waals surface area contributed by atoms with Crippen LogP contribution < -0.4 is 5.73 Å². The second-order valence-corrected chi connectivity index (χ2v) is 4.79. The summed E-state index contributed by atoms with van der Waals surface area (Å²) in [5.74, 6) is -0.0388. The number of benzene rings is 1. The van der Waals surface area contributed by atoms with Crippen LogP contribution in [0.15, 0.2) is 36.7 Å². The topological polar surface area (TPSA) is 64.2 Å². The number of carbonyl (C=O) groups excluding carboxylic acids is 1. The summed E-state index contributed by atoms with van der Waals surface area (Å²) in [7, 11) is 1.75. The molecule has 6 heteroatoms. The van der Waals surface area contributed by atoms with E-state index in [4.69, 9.17) is 17.3 Å². The summed E-state index contributed by atoms with van der Waals surface area (Å²) in [5, 5.41) is 4.65. The van der Waals surface area contributed by atoms with E-state index in [0.717, 1.165) is 5.56 Å². The van der Waals surface area contributed by atoms with Crippen molar-refractivity contribution < 1.29 is 4.79 Å². The molecule has 5 nitrogen and oxygen atoms in total. The molecule has 19 heavy (non-hydrogen) atoms. The minimum atomic E-state index is -0.0388. The fourth-order valence-corrected chi connectivity index (χ4v) is 1.94. The number of nitrogens with two attached hydrogens (primary N) is 1. The number of anilines is 1. The molecule has 0 unspecified atom stereocenters. The van der Waals surface area contributed by atoms with Gasteiger partial charge in [0.25, 0.3) is 0 Å². The van der Waals surface area contributed by atoms with Gasteiger partial charge >= 0.3 is 0 Å². The third-order valence-corrected chi connectivity index (χ3v) is 2.92. The minimum absolute atomic E-state index is 0.0388. The molecule has 0 saturated heterocycles. The van der Waals surface area contributed by atoms with Crippen molar-refractivity contribution in [2.24, 2.45) is 0 Å². The second-order valence-electron chi connectivity index (χ2n) is 4.35. The van der Waals surface area contributed by atoms with Crippen LogP contribution in [0.2, 0.25) is 5.02 Å². The van der Waals surface area contributed by atoms with Gasteiger partial charge in [-0.1, -0.05) is 23.7 Å². The fourth-order valence-electron chi connectivity index (χ4n) is 1.72. The van der Waals surface area contributed by atoms with E-state index in [1.165, 1.54) is 10.9 Å². The van der Waals surface area contributed by atoms with E-state index in [-0.39, 0.29) is 12.5 Å². The summed E-state index contributed by atoms with van der Waals surface area (Å²) in [4.78, 5) is 13.6. The maximum Gasteiger partial charge on any atom is 0.244 e. The van der Waals surface area contributed by atoms with Crippen molar-refractivity contribution in [3.8, 4) is 0 Å². The third-order valence-electron chi connectivity index (χ3n) is 2.69. The first-order valence-corrected chi connectivity index (χ1v) is 6.19. The molecule has 1 aromatic carbocycles. The van der Waals surface area contributed by atoms with Crippen LogP contribution in [0.3, 0.4) is 0 Å². The minimum Gasteiger partial charge on any atom is -0.396 e. The number of aromatic nitrogens is 2. The Hall–Kier alpha value is -2.01. The lowest BCUT2D eigenvalue weighted by Crippen LogP contribution is -2.29.